The van der Waals surface area contributed by atoms with Gasteiger partial charge in [-0.3, -0.25) is 14.3 Å². The van der Waals surface area contributed by atoms with Crippen molar-refractivity contribution >= 4 is 11.8 Å². The van der Waals surface area contributed by atoms with E-state index in [1.165, 1.54) is 0 Å². The van der Waals surface area contributed by atoms with Gasteiger partial charge in [-0.05, 0) is 45.6 Å². The van der Waals surface area contributed by atoms with Crippen molar-refractivity contribution in [3.05, 3.63) is 46.8 Å². The van der Waals surface area contributed by atoms with Gasteiger partial charge in [-0.15, -0.1) is 0 Å². The SMILES string of the molecule is Cc1c(O)cccc1C(=O)N1CCCn2nc(C(=O)NCCN(C)C)cc2C1. The molecular formula is C20H27N5O3. The molecule has 8 heteroatoms. The van der Waals surface area contributed by atoms with Crippen molar-refractivity contribution in [3.63, 3.8) is 0 Å². The van der Waals surface area contributed by atoms with Crippen molar-refractivity contribution in [2.24, 2.45) is 0 Å². The van der Waals surface area contributed by atoms with Crippen LogP contribution in [0.3, 0.4) is 0 Å². The molecule has 1 aliphatic heterocycles. The number of likely N-dealkylation sites (N-methyl/N-ethyl adjacent to an activating group) is 1. The normalized spacial score (nSPS) is 13.9. The van der Waals surface area contributed by atoms with E-state index in [-0.39, 0.29) is 17.6 Å². The minimum Gasteiger partial charge on any atom is -0.508 e. The molecule has 0 spiro atoms. The van der Waals surface area contributed by atoms with Crippen LogP contribution in [0.1, 0.15) is 38.5 Å². The lowest BCUT2D eigenvalue weighted by Crippen LogP contribution is -2.32. The Labute approximate surface area is 164 Å². The molecule has 2 heterocycles. The smallest absolute Gasteiger partial charge is 0.271 e. The van der Waals surface area contributed by atoms with E-state index >= 15 is 0 Å². The first-order valence-corrected chi connectivity index (χ1v) is 9.44. The van der Waals surface area contributed by atoms with E-state index in [4.69, 9.17) is 0 Å². The molecule has 1 aliphatic rings. The first-order chi connectivity index (χ1) is 13.4. The van der Waals surface area contributed by atoms with Gasteiger partial charge in [-0.1, -0.05) is 6.07 Å². The number of amides is 2. The summed E-state index contributed by atoms with van der Waals surface area (Å²) >= 11 is 0. The highest BCUT2D eigenvalue weighted by atomic mass is 16.3. The highest BCUT2D eigenvalue weighted by molar-refractivity contribution is 5.96. The van der Waals surface area contributed by atoms with Crippen molar-refractivity contribution in [2.75, 3.05) is 33.7 Å². The molecule has 150 valence electrons. The maximum Gasteiger partial charge on any atom is 0.271 e. The van der Waals surface area contributed by atoms with Crippen molar-refractivity contribution in [3.8, 4) is 5.75 Å². The molecule has 0 fully saturated rings. The number of aromatic hydroxyl groups is 1. The number of hydrogen-bond donors (Lipinski definition) is 2. The zero-order valence-electron chi connectivity index (χ0n) is 16.6. The van der Waals surface area contributed by atoms with E-state index in [1.54, 1.807) is 36.1 Å². The fourth-order valence-corrected chi connectivity index (χ4v) is 3.26. The van der Waals surface area contributed by atoms with E-state index in [1.807, 2.05) is 23.7 Å². The van der Waals surface area contributed by atoms with Gasteiger partial charge < -0.3 is 20.2 Å². The van der Waals surface area contributed by atoms with E-state index in [9.17, 15) is 14.7 Å². The van der Waals surface area contributed by atoms with Gasteiger partial charge in [0.05, 0.1) is 12.2 Å². The van der Waals surface area contributed by atoms with Gasteiger partial charge in [-0.2, -0.15) is 5.10 Å². The third-order valence-corrected chi connectivity index (χ3v) is 4.91. The minimum atomic E-state index is -0.205. The summed E-state index contributed by atoms with van der Waals surface area (Å²) in [6, 6.07) is 6.73. The maximum atomic E-state index is 13.0. The second-order valence-electron chi connectivity index (χ2n) is 7.33. The second kappa shape index (κ2) is 8.43. The van der Waals surface area contributed by atoms with Crippen LogP contribution in [0.15, 0.2) is 24.3 Å². The standard InChI is InChI=1S/C20H27N5O3/c1-14-16(6-4-7-18(14)26)20(28)24-9-5-10-25-15(13-24)12-17(22-25)19(27)21-8-11-23(2)3/h4,6-7,12,26H,5,8-11,13H2,1-3H3,(H,21,27). The number of rotatable bonds is 5. The Bertz CT molecular complexity index is 875. The van der Waals surface area contributed by atoms with Crippen LogP contribution >= 0.6 is 0 Å². The number of fused-ring (bicyclic) bond motifs is 1. The summed E-state index contributed by atoms with van der Waals surface area (Å²) in [5.41, 5.74) is 2.28. The molecule has 8 nitrogen and oxygen atoms in total. The number of carbonyl (C=O) groups excluding carboxylic acids is 2. The number of aromatic nitrogens is 2. The molecule has 2 amide bonds. The third kappa shape index (κ3) is 4.33. The van der Waals surface area contributed by atoms with E-state index in [0.29, 0.717) is 43.0 Å². The number of aryl methyl sites for hydroxylation is 1. The van der Waals surface area contributed by atoms with Crippen molar-refractivity contribution in [2.45, 2.75) is 26.4 Å². The molecule has 0 saturated heterocycles. The molecule has 0 saturated carbocycles. The van der Waals surface area contributed by atoms with Crippen LogP contribution < -0.4 is 5.32 Å². The minimum absolute atomic E-state index is 0.113. The number of phenolic OH excluding ortho intramolecular Hbond substituents is 1. The van der Waals surface area contributed by atoms with E-state index in [0.717, 1.165) is 18.7 Å². The lowest BCUT2D eigenvalue weighted by Gasteiger charge is -2.21. The summed E-state index contributed by atoms with van der Waals surface area (Å²) in [5, 5.41) is 17.2. The van der Waals surface area contributed by atoms with Crippen molar-refractivity contribution in [1.29, 1.82) is 0 Å². The van der Waals surface area contributed by atoms with Crippen LogP contribution in [0.5, 0.6) is 5.75 Å². The molecule has 0 atom stereocenters. The Morgan fingerprint density at radius 1 is 1.29 bits per heavy atom. The van der Waals surface area contributed by atoms with E-state index < -0.39 is 0 Å². The largest absolute Gasteiger partial charge is 0.508 e. The number of nitrogens with zero attached hydrogens (tertiary/aromatic N) is 4. The quantitative estimate of drug-likeness (QED) is 0.808. The van der Waals surface area contributed by atoms with Crippen LogP contribution in [0, 0.1) is 6.92 Å². The molecule has 0 aliphatic carbocycles. The maximum absolute atomic E-state index is 13.0. The lowest BCUT2D eigenvalue weighted by atomic mass is 10.1. The van der Waals surface area contributed by atoms with Crippen LogP contribution in [-0.2, 0) is 13.1 Å². The van der Waals surface area contributed by atoms with Gasteiger partial charge in [0.2, 0.25) is 0 Å². The van der Waals surface area contributed by atoms with Crippen LogP contribution in [0.4, 0.5) is 0 Å². The fraction of sp³-hybridized carbons (Fsp3) is 0.450. The summed E-state index contributed by atoms with van der Waals surface area (Å²) in [7, 11) is 3.90. The Balaban J connectivity index is 1.74. The summed E-state index contributed by atoms with van der Waals surface area (Å²) in [6.45, 7) is 4.68. The van der Waals surface area contributed by atoms with Gasteiger partial charge in [0, 0.05) is 37.3 Å². The zero-order valence-corrected chi connectivity index (χ0v) is 16.6. The monoisotopic (exact) mass is 385 g/mol. The highest BCUT2D eigenvalue weighted by Gasteiger charge is 2.24. The highest BCUT2D eigenvalue weighted by Crippen LogP contribution is 2.23. The Kier molecular flexibility index (Phi) is 5.99. The van der Waals surface area contributed by atoms with Gasteiger partial charge in [0.1, 0.15) is 5.75 Å². The molecule has 2 N–H and O–H groups in total. The molecule has 0 unspecified atom stereocenters. The molecule has 2 aromatic rings. The Morgan fingerprint density at radius 2 is 2.07 bits per heavy atom. The Hall–Kier alpha value is -2.87. The third-order valence-electron chi connectivity index (χ3n) is 4.91. The molecular weight excluding hydrogens is 358 g/mol. The molecule has 0 radical (unpaired) electrons. The molecule has 0 bridgehead atoms. The van der Waals surface area contributed by atoms with Gasteiger partial charge in [0.15, 0.2) is 5.69 Å². The zero-order chi connectivity index (χ0) is 20.3. The van der Waals surface area contributed by atoms with Crippen molar-refractivity contribution < 1.29 is 14.7 Å². The van der Waals surface area contributed by atoms with E-state index in [2.05, 4.69) is 10.4 Å². The number of nitrogens with one attached hydrogen (secondary N) is 1. The first kappa shape index (κ1) is 19.9. The fourth-order valence-electron chi connectivity index (χ4n) is 3.26. The molecule has 28 heavy (non-hydrogen) atoms. The number of hydrogen-bond acceptors (Lipinski definition) is 5. The second-order valence-corrected chi connectivity index (χ2v) is 7.33. The number of benzene rings is 1. The molecule has 1 aromatic heterocycles. The summed E-state index contributed by atoms with van der Waals surface area (Å²) in [5.74, 6) is -0.216. The van der Waals surface area contributed by atoms with Crippen LogP contribution in [0.25, 0.3) is 0 Å². The Morgan fingerprint density at radius 3 is 2.82 bits per heavy atom. The molecule has 1 aromatic carbocycles. The van der Waals surface area contributed by atoms with Crippen molar-refractivity contribution in [1.82, 2.24) is 24.9 Å². The topological polar surface area (TPSA) is 90.7 Å². The number of carbonyl (C=O) groups is 2. The average molecular weight is 385 g/mol. The lowest BCUT2D eigenvalue weighted by molar-refractivity contribution is 0.0744. The predicted molar refractivity (Wildman–Crippen MR) is 105 cm³/mol. The molecule has 3 rings (SSSR count). The summed E-state index contributed by atoms with van der Waals surface area (Å²) in [6.07, 6.45) is 0.750. The first-order valence-electron chi connectivity index (χ1n) is 9.44. The summed E-state index contributed by atoms with van der Waals surface area (Å²) < 4.78 is 1.81. The number of phenols is 1. The van der Waals surface area contributed by atoms with Gasteiger partial charge >= 0.3 is 0 Å². The van der Waals surface area contributed by atoms with Crippen LogP contribution in [-0.4, -0.2) is 70.2 Å². The van der Waals surface area contributed by atoms with Crippen LogP contribution in [0.2, 0.25) is 0 Å². The average Bonchev–Trinajstić information content (AvgIpc) is 2.95. The predicted octanol–water partition coefficient (Wildman–Crippen LogP) is 1.23. The van der Waals surface area contributed by atoms with Gasteiger partial charge in [-0.25, -0.2) is 0 Å². The van der Waals surface area contributed by atoms with Gasteiger partial charge in [0.25, 0.3) is 11.8 Å². The summed E-state index contributed by atoms with van der Waals surface area (Å²) in [4.78, 5) is 29.1.